The molecular weight excluding hydrogens is 352 g/mol. The number of rotatable bonds is 4. The fourth-order valence-corrected chi connectivity index (χ4v) is 4.22. The Kier molecular flexibility index (Phi) is 5.46. The van der Waals surface area contributed by atoms with Crippen LogP contribution in [-0.2, 0) is 19.5 Å². The number of imidazole rings is 1. The molecule has 0 radical (unpaired) electrons. The first-order valence-corrected chi connectivity index (χ1v) is 10.3. The van der Waals surface area contributed by atoms with Crippen LogP contribution >= 0.6 is 0 Å². The first-order chi connectivity index (χ1) is 13.6. The first-order valence-electron chi connectivity index (χ1n) is 10.3. The van der Waals surface area contributed by atoms with Crippen molar-refractivity contribution in [3.63, 3.8) is 0 Å². The lowest BCUT2D eigenvalue weighted by Crippen LogP contribution is -2.36. The van der Waals surface area contributed by atoms with Gasteiger partial charge in [-0.05, 0) is 44.1 Å². The molecule has 0 atom stereocenters. The van der Waals surface area contributed by atoms with Crippen molar-refractivity contribution in [3.8, 4) is 0 Å². The van der Waals surface area contributed by atoms with Gasteiger partial charge in [0.25, 0.3) is 11.8 Å². The molecule has 1 fully saturated rings. The Morgan fingerprint density at radius 2 is 1.71 bits per heavy atom. The molecule has 28 heavy (non-hydrogen) atoms. The zero-order valence-corrected chi connectivity index (χ0v) is 16.6. The van der Waals surface area contributed by atoms with Crippen molar-refractivity contribution in [2.24, 2.45) is 0 Å². The number of aromatic nitrogens is 2. The van der Waals surface area contributed by atoms with E-state index in [1.54, 1.807) is 11.9 Å². The predicted molar refractivity (Wildman–Crippen MR) is 107 cm³/mol. The highest BCUT2D eigenvalue weighted by atomic mass is 16.2. The summed E-state index contributed by atoms with van der Waals surface area (Å²) in [5.74, 6) is 0.285. The van der Waals surface area contributed by atoms with Crippen molar-refractivity contribution in [1.82, 2.24) is 19.4 Å². The Bertz CT molecular complexity index is 853. The Hall–Kier alpha value is -2.63. The lowest BCUT2D eigenvalue weighted by atomic mass is 10.1. The first kappa shape index (κ1) is 18.7. The summed E-state index contributed by atoms with van der Waals surface area (Å²) in [6.07, 6.45) is 6.15. The highest BCUT2D eigenvalue weighted by Crippen LogP contribution is 2.24. The van der Waals surface area contributed by atoms with Crippen LogP contribution in [-0.4, -0.2) is 51.3 Å². The SMILES string of the molecule is CN(Cc1ccccc1)C(=O)c1nc(C(=O)N2CCCCC2)c2n1CCCC2. The fraction of sp³-hybridized carbons (Fsp3) is 0.500. The quantitative estimate of drug-likeness (QED) is 0.819. The van der Waals surface area contributed by atoms with Crippen LogP contribution in [0.15, 0.2) is 30.3 Å². The van der Waals surface area contributed by atoms with E-state index in [0.29, 0.717) is 18.1 Å². The number of hydrogen-bond acceptors (Lipinski definition) is 3. The van der Waals surface area contributed by atoms with Crippen molar-refractivity contribution < 1.29 is 9.59 Å². The molecule has 6 nitrogen and oxygen atoms in total. The Balaban J connectivity index is 1.60. The molecule has 6 heteroatoms. The average Bonchev–Trinajstić information content (AvgIpc) is 3.13. The second kappa shape index (κ2) is 8.17. The van der Waals surface area contributed by atoms with Gasteiger partial charge in [-0.25, -0.2) is 4.98 Å². The molecular formula is C22H28N4O2. The third-order valence-corrected chi connectivity index (χ3v) is 5.76. The van der Waals surface area contributed by atoms with Crippen LogP contribution < -0.4 is 0 Å². The number of carbonyl (C=O) groups excluding carboxylic acids is 2. The van der Waals surface area contributed by atoms with Gasteiger partial charge in [0.05, 0.1) is 5.69 Å². The minimum atomic E-state index is -0.121. The summed E-state index contributed by atoms with van der Waals surface area (Å²) < 4.78 is 1.99. The van der Waals surface area contributed by atoms with E-state index in [2.05, 4.69) is 4.98 Å². The topological polar surface area (TPSA) is 58.4 Å². The maximum atomic E-state index is 13.2. The van der Waals surface area contributed by atoms with Crippen LogP contribution in [0.4, 0.5) is 0 Å². The van der Waals surface area contributed by atoms with Gasteiger partial charge in [0.1, 0.15) is 5.69 Å². The monoisotopic (exact) mass is 380 g/mol. The lowest BCUT2D eigenvalue weighted by molar-refractivity contribution is 0.0717. The number of hydrogen-bond donors (Lipinski definition) is 0. The summed E-state index contributed by atoms with van der Waals surface area (Å²) >= 11 is 0. The molecule has 0 saturated carbocycles. The van der Waals surface area contributed by atoms with E-state index in [1.807, 2.05) is 39.8 Å². The molecule has 0 unspecified atom stereocenters. The van der Waals surface area contributed by atoms with Gasteiger partial charge in [-0.1, -0.05) is 30.3 Å². The van der Waals surface area contributed by atoms with Crippen LogP contribution in [0, 0.1) is 0 Å². The molecule has 4 rings (SSSR count). The van der Waals surface area contributed by atoms with E-state index in [-0.39, 0.29) is 11.8 Å². The summed E-state index contributed by atoms with van der Waals surface area (Å²) in [5, 5.41) is 0. The second-order valence-corrected chi connectivity index (χ2v) is 7.84. The van der Waals surface area contributed by atoms with Gasteiger partial charge in [-0.2, -0.15) is 0 Å². The number of carbonyl (C=O) groups is 2. The Labute approximate surface area is 166 Å². The summed E-state index contributed by atoms with van der Waals surface area (Å²) in [7, 11) is 1.80. The molecule has 148 valence electrons. The molecule has 0 bridgehead atoms. The standard InChI is InChI=1S/C22H28N4O2/c1-24(16-17-10-4-2-5-11-17)22(28)20-23-19(18-12-6-9-15-26(18)20)21(27)25-13-7-3-8-14-25/h2,4-5,10-11H,3,6-9,12-16H2,1H3. The van der Waals surface area contributed by atoms with Gasteiger partial charge in [0, 0.05) is 33.2 Å². The normalized spacial score (nSPS) is 16.5. The predicted octanol–water partition coefficient (Wildman–Crippen LogP) is 3.12. The largest absolute Gasteiger partial charge is 0.337 e. The Morgan fingerprint density at radius 3 is 2.46 bits per heavy atom. The van der Waals surface area contributed by atoms with Gasteiger partial charge in [0.15, 0.2) is 5.82 Å². The molecule has 2 aromatic rings. The molecule has 0 spiro atoms. The zero-order chi connectivity index (χ0) is 19.5. The average molecular weight is 380 g/mol. The Morgan fingerprint density at radius 1 is 1.00 bits per heavy atom. The van der Waals surface area contributed by atoms with Crippen molar-refractivity contribution in [3.05, 3.63) is 53.1 Å². The molecule has 0 aliphatic carbocycles. The van der Waals surface area contributed by atoms with E-state index in [0.717, 1.165) is 63.0 Å². The maximum absolute atomic E-state index is 13.2. The number of piperidine rings is 1. The minimum absolute atomic E-state index is 0.00453. The number of fused-ring (bicyclic) bond motifs is 1. The van der Waals surface area contributed by atoms with Gasteiger partial charge < -0.3 is 14.4 Å². The third kappa shape index (κ3) is 3.68. The van der Waals surface area contributed by atoms with E-state index < -0.39 is 0 Å². The zero-order valence-electron chi connectivity index (χ0n) is 16.6. The second-order valence-electron chi connectivity index (χ2n) is 7.84. The lowest BCUT2D eigenvalue weighted by Gasteiger charge is -2.26. The smallest absolute Gasteiger partial charge is 0.289 e. The molecule has 1 aromatic carbocycles. The minimum Gasteiger partial charge on any atom is -0.337 e. The highest BCUT2D eigenvalue weighted by molar-refractivity contribution is 5.97. The molecule has 2 aliphatic rings. The van der Waals surface area contributed by atoms with Gasteiger partial charge in [-0.3, -0.25) is 9.59 Å². The van der Waals surface area contributed by atoms with Crippen LogP contribution in [0.2, 0.25) is 0 Å². The van der Waals surface area contributed by atoms with Crippen LogP contribution in [0.25, 0.3) is 0 Å². The molecule has 1 aromatic heterocycles. The van der Waals surface area contributed by atoms with E-state index in [1.165, 1.54) is 6.42 Å². The fourth-order valence-electron chi connectivity index (χ4n) is 4.22. The van der Waals surface area contributed by atoms with Gasteiger partial charge in [-0.15, -0.1) is 0 Å². The molecule has 0 N–H and O–H groups in total. The van der Waals surface area contributed by atoms with Crippen molar-refractivity contribution in [2.45, 2.75) is 51.6 Å². The number of likely N-dealkylation sites (tertiary alicyclic amines) is 1. The van der Waals surface area contributed by atoms with E-state index >= 15 is 0 Å². The van der Waals surface area contributed by atoms with Gasteiger partial charge >= 0.3 is 0 Å². The molecule has 2 amide bonds. The number of amides is 2. The summed E-state index contributed by atoms with van der Waals surface area (Å²) in [4.78, 5) is 34.4. The summed E-state index contributed by atoms with van der Waals surface area (Å²) in [6, 6.07) is 9.93. The van der Waals surface area contributed by atoms with Crippen molar-refractivity contribution in [1.29, 1.82) is 0 Å². The van der Waals surface area contributed by atoms with Crippen LogP contribution in [0.3, 0.4) is 0 Å². The molecule has 1 saturated heterocycles. The van der Waals surface area contributed by atoms with Crippen LogP contribution in [0.5, 0.6) is 0 Å². The van der Waals surface area contributed by atoms with Crippen LogP contribution in [0.1, 0.15) is 64.5 Å². The maximum Gasteiger partial charge on any atom is 0.289 e. The van der Waals surface area contributed by atoms with Gasteiger partial charge in [0.2, 0.25) is 0 Å². The number of nitrogens with zero attached hydrogens (tertiary/aromatic N) is 4. The molecule has 3 heterocycles. The molecule has 2 aliphatic heterocycles. The van der Waals surface area contributed by atoms with Crippen molar-refractivity contribution >= 4 is 11.8 Å². The summed E-state index contributed by atoms with van der Waals surface area (Å²) in [5.41, 5.74) is 2.52. The summed E-state index contributed by atoms with van der Waals surface area (Å²) in [6.45, 7) is 2.87. The van der Waals surface area contributed by atoms with Crippen molar-refractivity contribution in [2.75, 3.05) is 20.1 Å². The van der Waals surface area contributed by atoms with E-state index in [9.17, 15) is 9.59 Å². The highest BCUT2D eigenvalue weighted by Gasteiger charge is 2.31. The van der Waals surface area contributed by atoms with E-state index in [4.69, 9.17) is 0 Å². The number of benzene rings is 1. The third-order valence-electron chi connectivity index (χ3n) is 5.76.